The van der Waals surface area contributed by atoms with E-state index >= 15 is 0 Å². The van der Waals surface area contributed by atoms with Crippen LogP contribution in [0.4, 0.5) is 0 Å². The second-order valence-electron chi connectivity index (χ2n) is 7.09. The van der Waals surface area contributed by atoms with Gasteiger partial charge in [-0.3, -0.25) is 9.36 Å². The first-order valence-corrected chi connectivity index (χ1v) is 9.63. The van der Waals surface area contributed by atoms with E-state index in [-0.39, 0.29) is 5.56 Å². The first kappa shape index (κ1) is 17.1. The molecule has 0 unspecified atom stereocenters. The summed E-state index contributed by atoms with van der Waals surface area (Å²) in [4.78, 5) is 20.6. The first-order valence-electron chi connectivity index (χ1n) is 9.26. The topological polar surface area (TPSA) is 59.9 Å². The van der Waals surface area contributed by atoms with E-state index in [4.69, 9.17) is 16.3 Å². The number of fused-ring (bicyclic) bond motifs is 1. The molecule has 2 heterocycles. The predicted octanol–water partition coefficient (Wildman–Crippen LogP) is 4.82. The van der Waals surface area contributed by atoms with Crippen molar-refractivity contribution in [3.63, 3.8) is 0 Å². The smallest absolute Gasteiger partial charge is 0.258 e. The largest absolute Gasteiger partial charge is 0.489 e. The molecule has 0 bridgehead atoms. The van der Waals surface area contributed by atoms with Crippen LogP contribution in [0.25, 0.3) is 16.7 Å². The van der Waals surface area contributed by atoms with E-state index in [9.17, 15) is 4.79 Å². The second kappa shape index (κ2) is 6.84. The summed E-state index contributed by atoms with van der Waals surface area (Å²) in [5.41, 5.74) is 3.48. The number of benzene rings is 2. The lowest BCUT2D eigenvalue weighted by Gasteiger charge is -2.09. The van der Waals surface area contributed by atoms with Crippen LogP contribution in [0.2, 0.25) is 5.02 Å². The highest BCUT2D eigenvalue weighted by atomic mass is 35.5. The zero-order valence-electron chi connectivity index (χ0n) is 15.1. The van der Waals surface area contributed by atoms with Gasteiger partial charge in [0, 0.05) is 23.2 Å². The lowest BCUT2D eigenvalue weighted by molar-refractivity contribution is 0.305. The van der Waals surface area contributed by atoms with E-state index in [1.807, 2.05) is 42.5 Å². The van der Waals surface area contributed by atoms with Crippen LogP contribution in [0.1, 0.15) is 30.1 Å². The molecular formula is C22H18ClN3O2. The fourth-order valence-corrected chi connectivity index (χ4v) is 3.49. The van der Waals surface area contributed by atoms with Gasteiger partial charge < -0.3 is 9.72 Å². The third kappa shape index (κ3) is 3.41. The quantitative estimate of drug-likeness (QED) is 0.530. The van der Waals surface area contributed by atoms with E-state index in [1.165, 1.54) is 18.9 Å². The predicted molar refractivity (Wildman–Crippen MR) is 109 cm³/mol. The van der Waals surface area contributed by atoms with Crippen molar-refractivity contribution in [3.8, 4) is 11.4 Å². The Balaban J connectivity index is 1.38. The van der Waals surface area contributed by atoms with E-state index in [2.05, 4.69) is 9.97 Å². The van der Waals surface area contributed by atoms with Crippen molar-refractivity contribution in [2.45, 2.75) is 25.4 Å². The average molecular weight is 392 g/mol. The Morgan fingerprint density at radius 1 is 1.14 bits per heavy atom. The fraction of sp³-hybridized carbons (Fsp3) is 0.182. The number of hydrogen-bond donors (Lipinski definition) is 1. The summed E-state index contributed by atoms with van der Waals surface area (Å²) in [5, 5.41) is 0.663. The number of aromatic nitrogens is 3. The molecule has 5 nitrogen and oxygen atoms in total. The fourth-order valence-electron chi connectivity index (χ4n) is 3.27. The molecule has 5 rings (SSSR count). The van der Waals surface area contributed by atoms with Gasteiger partial charge in [-0.25, -0.2) is 4.98 Å². The van der Waals surface area contributed by atoms with Crippen molar-refractivity contribution in [2.24, 2.45) is 0 Å². The molecule has 1 saturated carbocycles. The highest BCUT2D eigenvalue weighted by Crippen LogP contribution is 2.39. The Kier molecular flexibility index (Phi) is 4.17. The van der Waals surface area contributed by atoms with Crippen LogP contribution in [-0.2, 0) is 6.61 Å². The van der Waals surface area contributed by atoms with Crippen LogP contribution in [0.15, 0.2) is 65.6 Å². The van der Waals surface area contributed by atoms with Gasteiger partial charge >= 0.3 is 0 Å². The molecule has 0 spiro atoms. The van der Waals surface area contributed by atoms with E-state index in [0.717, 1.165) is 28.1 Å². The Morgan fingerprint density at radius 3 is 2.82 bits per heavy atom. The molecule has 28 heavy (non-hydrogen) atoms. The Hall–Kier alpha value is -3.05. The van der Waals surface area contributed by atoms with Crippen molar-refractivity contribution < 1.29 is 4.74 Å². The molecule has 1 fully saturated rings. The van der Waals surface area contributed by atoms with Crippen LogP contribution in [-0.4, -0.2) is 14.5 Å². The van der Waals surface area contributed by atoms with Gasteiger partial charge in [-0.05, 0) is 54.8 Å². The van der Waals surface area contributed by atoms with Crippen LogP contribution in [0, 0.1) is 0 Å². The summed E-state index contributed by atoms with van der Waals surface area (Å²) >= 11 is 5.99. The van der Waals surface area contributed by atoms with Crippen LogP contribution < -0.4 is 10.3 Å². The van der Waals surface area contributed by atoms with Gasteiger partial charge in [-0.1, -0.05) is 23.7 Å². The first-order chi connectivity index (χ1) is 13.7. The minimum atomic E-state index is -0.148. The zero-order chi connectivity index (χ0) is 19.1. The normalized spacial score (nSPS) is 13.8. The molecule has 0 saturated heterocycles. The zero-order valence-corrected chi connectivity index (χ0v) is 15.8. The molecule has 0 amide bonds. The number of halogens is 1. The average Bonchev–Trinajstić information content (AvgIpc) is 3.45. The molecule has 0 aliphatic heterocycles. The molecule has 0 radical (unpaired) electrons. The minimum absolute atomic E-state index is 0.148. The number of aromatic amines is 1. The standard InChI is InChI=1S/C22H18ClN3O2/c23-16-3-1-2-14(10-16)13-28-18-8-9-26(21(27)12-18)17-6-7-19-20(11-17)25-22(24-19)15-4-5-15/h1-3,6-12,15H,4-5,13H2,(H,24,25). The van der Waals surface area contributed by atoms with Gasteiger partial charge in [0.2, 0.25) is 0 Å². The number of nitrogens with one attached hydrogen (secondary N) is 1. The lowest BCUT2D eigenvalue weighted by atomic mass is 10.2. The number of rotatable bonds is 5. The van der Waals surface area contributed by atoms with Crippen molar-refractivity contribution in [1.29, 1.82) is 0 Å². The monoisotopic (exact) mass is 391 g/mol. The van der Waals surface area contributed by atoms with Gasteiger partial charge in [-0.15, -0.1) is 0 Å². The van der Waals surface area contributed by atoms with Gasteiger partial charge in [0.05, 0.1) is 16.7 Å². The Labute approximate surface area is 166 Å². The summed E-state index contributed by atoms with van der Waals surface area (Å²) in [6.45, 7) is 0.355. The number of hydrogen-bond acceptors (Lipinski definition) is 3. The molecule has 140 valence electrons. The molecule has 1 aliphatic carbocycles. The number of imidazole rings is 1. The summed E-state index contributed by atoms with van der Waals surface area (Å²) in [7, 11) is 0. The summed E-state index contributed by atoms with van der Waals surface area (Å²) in [5.74, 6) is 2.14. The summed E-state index contributed by atoms with van der Waals surface area (Å²) < 4.78 is 7.34. The number of ether oxygens (including phenoxy) is 1. The van der Waals surface area contributed by atoms with E-state index in [0.29, 0.717) is 23.3 Å². The summed E-state index contributed by atoms with van der Waals surface area (Å²) in [6.07, 6.45) is 4.13. The molecule has 1 N–H and O–H groups in total. The van der Waals surface area contributed by atoms with Crippen LogP contribution in [0.3, 0.4) is 0 Å². The molecule has 1 aliphatic rings. The molecule has 4 aromatic rings. The van der Waals surface area contributed by atoms with Gasteiger partial charge in [0.15, 0.2) is 0 Å². The number of nitrogens with zero attached hydrogens (tertiary/aromatic N) is 2. The number of pyridine rings is 1. The Bertz CT molecular complexity index is 1220. The van der Waals surface area contributed by atoms with Crippen molar-refractivity contribution >= 4 is 22.6 Å². The highest BCUT2D eigenvalue weighted by molar-refractivity contribution is 6.30. The van der Waals surface area contributed by atoms with Crippen LogP contribution in [0.5, 0.6) is 5.75 Å². The van der Waals surface area contributed by atoms with E-state index in [1.54, 1.807) is 16.8 Å². The van der Waals surface area contributed by atoms with Crippen molar-refractivity contribution in [1.82, 2.24) is 14.5 Å². The SMILES string of the molecule is O=c1cc(OCc2cccc(Cl)c2)ccn1-c1ccc2nc(C3CC3)[nH]c2c1. The Morgan fingerprint density at radius 2 is 2.04 bits per heavy atom. The lowest BCUT2D eigenvalue weighted by Crippen LogP contribution is -2.16. The third-order valence-corrected chi connectivity index (χ3v) is 5.15. The highest BCUT2D eigenvalue weighted by Gasteiger charge is 2.26. The third-order valence-electron chi connectivity index (χ3n) is 4.91. The van der Waals surface area contributed by atoms with Gasteiger partial charge in [-0.2, -0.15) is 0 Å². The molecular weight excluding hydrogens is 374 g/mol. The van der Waals surface area contributed by atoms with Gasteiger partial charge in [0.1, 0.15) is 18.2 Å². The molecule has 2 aromatic carbocycles. The second-order valence-corrected chi connectivity index (χ2v) is 7.52. The number of H-pyrrole nitrogens is 1. The van der Waals surface area contributed by atoms with Crippen molar-refractivity contribution in [3.05, 3.63) is 87.6 Å². The summed E-state index contributed by atoms with van der Waals surface area (Å²) in [6, 6.07) is 16.6. The van der Waals surface area contributed by atoms with Crippen LogP contribution >= 0.6 is 11.6 Å². The van der Waals surface area contributed by atoms with Crippen molar-refractivity contribution in [2.75, 3.05) is 0 Å². The maximum atomic E-state index is 12.6. The maximum Gasteiger partial charge on any atom is 0.258 e. The van der Waals surface area contributed by atoms with E-state index < -0.39 is 0 Å². The molecule has 6 heteroatoms. The minimum Gasteiger partial charge on any atom is -0.489 e. The van der Waals surface area contributed by atoms with Gasteiger partial charge in [0.25, 0.3) is 5.56 Å². The molecule has 0 atom stereocenters. The molecule has 2 aromatic heterocycles. The maximum absolute atomic E-state index is 12.6.